The van der Waals surface area contributed by atoms with Crippen molar-refractivity contribution < 1.29 is 17.9 Å². The standard InChI is InChI=1S/C12H13F3N2OS/c1-19-11-7-8(16)6-10-9(11)2-3-17(10)4-5-18-12(13,14)15/h2-3,6-7H,4-5,16H2,1H3. The van der Waals surface area contributed by atoms with Crippen molar-refractivity contribution in [3.63, 3.8) is 0 Å². The molecule has 1 aromatic carbocycles. The van der Waals surface area contributed by atoms with Gasteiger partial charge in [-0.1, -0.05) is 0 Å². The average molecular weight is 290 g/mol. The van der Waals surface area contributed by atoms with Crippen LogP contribution in [-0.2, 0) is 11.3 Å². The van der Waals surface area contributed by atoms with Crippen molar-refractivity contribution in [2.75, 3.05) is 18.6 Å². The number of benzene rings is 1. The van der Waals surface area contributed by atoms with Crippen molar-refractivity contribution in [1.29, 1.82) is 0 Å². The van der Waals surface area contributed by atoms with Gasteiger partial charge in [-0.2, -0.15) is 0 Å². The van der Waals surface area contributed by atoms with Gasteiger partial charge in [0.1, 0.15) is 0 Å². The Kier molecular flexibility index (Phi) is 3.96. The topological polar surface area (TPSA) is 40.2 Å². The van der Waals surface area contributed by atoms with Crippen LogP contribution in [0.2, 0.25) is 0 Å². The predicted molar refractivity (Wildman–Crippen MR) is 70.1 cm³/mol. The SMILES string of the molecule is CSc1cc(N)cc2c1ccn2CCOC(F)(F)F. The Hall–Kier alpha value is -1.34. The number of hydrogen-bond donors (Lipinski definition) is 1. The van der Waals surface area contributed by atoms with Crippen LogP contribution in [0, 0.1) is 0 Å². The molecule has 0 fully saturated rings. The van der Waals surface area contributed by atoms with Crippen LogP contribution in [0.4, 0.5) is 18.9 Å². The summed E-state index contributed by atoms with van der Waals surface area (Å²) in [4.78, 5) is 1.01. The molecule has 2 N–H and O–H groups in total. The molecule has 0 amide bonds. The zero-order valence-corrected chi connectivity index (χ0v) is 11.0. The molecule has 0 saturated heterocycles. The number of nitrogen functional groups attached to an aromatic ring is 1. The Morgan fingerprint density at radius 2 is 2.11 bits per heavy atom. The summed E-state index contributed by atoms with van der Waals surface area (Å²) in [6.45, 7) is -0.295. The summed E-state index contributed by atoms with van der Waals surface area (Å²) in [6.07, 6.45) is -0.922. The fourth-order valence-electron chi connectivity index (χ4n) is 1.91. The van der Waals surface area contributed by atoms with Crippen LogP contribution < -0.4 is 5.73 Å². The van der Waals surface area contributed by atoms with E-state index in [-0.39, 0.29) is 6.54 Å². The first-order valence-electron chi connectivity index (χ1n) is 5.54. The highest BCUT2D eigenvalue weighted by Crippen LogP contribution is 2.30. The number of nitrogens with zero attached hydrogens (tertiary/aromatic N) is 1. The highest BCUT2D eigenvalue weighted by atomic mass is 32.2. The number of aromatic nitrogens is 1. The minimum absolute atomic E-state index is 0.125. The van der Waals surface area contributed by atoms with Gasteiger partial charge >= 0.3 is 6.36 Å². The van der Waals surface area contributed by atoms with E-state index in [0.29, 0.717) is 5.69 Å². The Bertz CT molecular complexity index is 580. The van der Waals surface area contributed by atoms with E-state index in [4.69, 9.17) is 5.73 Å². The number of nitrogens with two attached hydrogens (primary N) is 1. The fraction of sp³-hybridized carbons (Fsp3) is 0.333. The van der Waals surface area contributed by atoms with Crippen LogP contribution in [0.5, 0.6) is 0 Å². The normalized spacial score (nSPS) is 12.2. The summed E-state index contributed by atoms with van der Waals surface area (Å²) < 4.78 is 41.3. The zero-order chi connectivity index (χ0) is 14.0. The maximum Gasteiger partial charge on any atom is 0.522 e. The third-order valence-electron chi connectivity index (χ3n) is 2.69. The molecule has 0 unspecified atom stereocenters. The number of rotatable bonds is 4. The summed E-state index contributed by atoms with van der Waals surface area (Å²) in [6, 6.07) is 5.47. The predicted octanol–water partition coefficient (Wildman–Crippen LogP) is 3.48. The molecule has 0 spiro atoms. The molecule has 2 aromatic rings. The molecule has 1 aromatic heterocycles. The van der Waals surface area contributed by atoms with Gasteiger partial charge in [0, 0.05) is 28.7 Å². The number of thioether (sulfide) groups is 1. The van der Waals surface area contributed by atoms with E-state index in [1.165, 1.54) is 0 Å². The third-order valence-corrected chi connectivity index (χ3v) is 3.47. The maximum atomic E-state index is 11.9. The molecular formula is C12H13F3N2OS. The van der Waals surface area contributed by atoms with E-state index < -0.39 is 13.0 Å². The van der Waals surface area contributed by atoms with Crippen LogP contribution in [0.15, 0.2) is 29.3 Å². The van der Waals surface area contributed by atoms with Gasteiger partial charge in [-0.25, -0.2) is 0 Å². The number of fused-ring (bicyclic) bond motifs is 1. The lowest BCUT2D eigenvalue weighted by Crippen LogP contribution is -2.17. The summed E-state index contributed by atoms with van der Waals surface area (Å²) in [5.41, 5.74) is 7.19. The Morgan fingerprint density at radius 3 is 2.74 bits per heavy atom. The molecule has 1 heterocycles. The van der Waals surface area contributed by atoms with Crippen molar-refractivity contribution in [2.24, 2.45) is 0 Å². The lowest BCUT2D eigenvalue weighted by molar-refractivity contribution is -0.325. The Balaban J connectivity index is 2.23. The first-order valence-corrected chi connectivity index (χ1v) is 6.76. The molecule has 0 radical (unpaired) electrons. The Morgan fingerprint density at radius 1 is 1.37 bits per heavy atom. The van der Waals surface area contributed by atoms with Gasteiger partial charge in [0.2, 0.25) is 0 Å². The second-order valence-electron chi connectivity index (χ2n) is 3.96. The number of halogens is 3. The van der Waals surface area contributed by atoms with E-state index in [1.54, 1.807) is 28.6 Å². The van der Waals surface area contributed by atoms with Gasteiger partial charge in [-0.05, 0) is 24.5 Å². The van der Waals surface area contributed by atoms with Gasteiger partial charge in [0.25, 0.3) is 0 Å². The number of hydrogen-bond acceptors (Lipinski definition) is 3. The van der Waals surface area contributed by atoms with Gasteiger partial charge in [0.15, 0.2) is 0 Å². The highest BCUT2D eigenvalue weighted by molar-refractivity contribution is 7.98. The van der Waals surface area contributed by atoms with E-state index in [2.05, 4.69) is 4.74 Å². The molecule has 19 heavy (non-hydrogen) atoms. The molecule has 0 aliphatic carbocycles. The first-order chi connectivity index (χ1) is 8.90. The lowest BCUT2D eigenvalue weighted by atomic mass is 10.2. The zero-order valence-electron chi connectivity index (χ0n) is 10.2. The van der Waals surface area contributed by atoms with Gasteiger partial charge in [-0.3, -0.25) is 4.74 Å². The average Bonchev–Trinajstić information content (AvgIpc) is 2.70. The van der Waals surface area contributed by atoms with Gasteiger partial charge in [0.05, 0.1) is 12.1 Å². The molecule has 3 nitrogen and oxygen atoms in total. The second-order valence-corrected chi connectivity index (χ2v) is 4.81. The summed E-state index contributed by atoms with van der Waals surface area (Å²) >= 11 is 1.55. The highest BCUT2D eigenvalue weighted by Gasteiger charge is 2.28. The monoisotopic (exact) mass is 290 g/mol. The maximum absolute atomic E-state index is 11.9. The third kappa shape index (κ3) is 3.36. The fourth-order valence-corrected chi connectivity index (χ4v) is 2.55. The number of anilines is 1. The quantitative estimate of drug-likeness (QED) is 0.692. The van der Waals surface area contributed by atoms with E-state index in [9.17, 15) is 13.2 Å². The molecule has 0 atom stereocenters. The molecule has 2 rings (SSSR count). The van der Waals surface area contributed by atoms with Crippen molar-refractivity contribution in [3.05, 3.63) is 24.4 Å². The lowest BCUT2D eigenvalue weighted by Gasteiger charge is -2.10. The molecule has 0 aliphatic heterocycles. The van der Waals surface area contributed by atoms with Crippen LogP contribution in [0.1, 0.15) is 0 Å². The van der Waals surface area contributed by atoms with E-state index in [1.807, 2.05) is 18.4 Å². The van der Waals surface area contributed by atoms with Crippen molar-refractivity contribution in [1.82, 2.24) is 4.57 Å². The minimum atomic E-state index is -4.59. The van der Waals surface area contributed by atoms with Crippen molar-refractivity contribution in [2.45, 2.75) is 17.8 Å². The molecule has 0 aliphatic rings. The van der Waals surface area contributed by atoms with Gasteiger partial charge < -0.3 is 10.3 Å². The molecule has 0 saturated carbocycles. The molecular weight excluding hydrogens is 277 g/mol. The number of alkyl halides is 3. The van der Waals surface area contributed by atoms with Crippen molar-refractivity contribution >= 4 is 28.4 Å². The largest absolute Gasteiger partial charge is 0.522 e. The molecule has 0 bridgehead atoms. The smallest absolute Gasteiger partial charge is 0.399 e. The summed E-state index contributed by atoms with van der Waals surface area (Å²) in [5, 5.41) is 0.980. The van der Waals surface area contributed by atoms with Gasteiger partial charge in [-0.15, -0.1) is 24.9 Å². The minimum Gasteiger partial charge on any atom is -0.399 e. The second kappa shape index (κ2) is 5.34. The van der Waals surface area contributed by atoms with Crippen molar-refractivity contribution in [3.8, 4) is 0 Å². The number of ether oxygens (including phenoxy) is 1. The van der Waals surface area contributed by atoms with Crippen LogP contribution in [0.25, 0.3) is 10.9 Å². The Labute approximate surface area is 112 Å². The first kappa shape index (κ1) is 14.1. The van der Waals surface area contributed by atoms with E-state index in [0.717, 1.165) is 15.8 Å². The summed E-state index contributed by atoms with van der Waals surface area (Å²) in [5.74, 6) is 0. The van der Waals surface area contributed by atoms with Crippen LogP contribution in [-0.4, -0.2) is 23.8 Å². The van der Waals surface area contributed by atoms with E-state index >= 15 is 0 Å². The van der Waals surface area contributed by atoms with Crippen LogP contribution >= 0.6 is 11.8 Å². The summed E-state index contributed by atoms with van der Waals surface area (Å²) in [7, 11) is 0. The van der Waals surface area contributed by atoms with Crippen LogP contribution in [0.3, 0.4) is 0 Å². The molecule has 104 valence electrons. The molecule has 7 heteroatoms.